The second-order valence-corrected chi connectivity index (χ2v) is 6.45. The molecule has 7 heteroatoms. The quantitative estimate of drug-likeness (QED) is 0.647. The fraction of sp³-hybridized carbons (Fsp3) is 0.143. The number of carboxylic acid groups (broad SMARTS) is 1. The van der Waals surface area contributed by atoms with Crippen LogP contribution in [0.4, 0.5) is 0 Å². The normalized spacial score (nSPS) is 16.5. The molecule has 1 heterocycles. The minimum Gasteiger partial charge on any atom is -0.497 e. The van der Waals surface area contributed by atoms with Crippen molar-refractivity contribution in [2.75, 3.05) is 14.2 Å². The Bertz CT molecular complexity index is 934. The Labute approximate surface area is 168 Å². The smallest absolute Gasteiger partial charge is 0.336 e. The molecule has 0 aliphatic carbocycles. The van der Waals surface area contributed by atoms with Crippen molar-refractivity contribution in [1.29, 1.82) is 0 Å². The highest BCUT2D eigenvalue weighted by molar-refractivity contribution is 7.80. The zero-order valence-electron chi connectivity index (χ0n) is 15.4. The van der Waals surface area contributed by atoms with Gasteiger partial charge in [0.2, 0.25) is 0 Å². The number of carboxylic acids is 1. The van der Waals surface area contributed by atoms with Crippen molar-refractivity contribution in [2.45, 2.75) is 6.04 Å². The predicted octanol–water partition coefficient (Wildman–Crippen LogP) is 3.27. The molecule has 0 radical (unpaired) electrons. The second kappa shape index (κ2) is 8.58. The predicted molar refractivity (Wildman–Crippen MR) is 111 cm³/mol. The summed E-state index contributed by atoms with van der Waals surface area (Å²) in [7, 11) is 3.19. The maximum absolute atomic E-state index is 12.0. The van der Waals surface area contributed by atoms with Gasteiger partial charge >= 0.3 is 5.97 Å². The first-order valence-electron chi connectivity index (χ1n) is 8.53. The highest BCUT2D eigenvalue weighted by Crippen LogP contribution is 2.29. The van der Waals surface area contributed by atoms with Crippen molar-refractivity contribution in [3.63, 3.8) is 0 Å². The van der Waals surface area contributed by atoms with Gasteiger partial charge < -0.3 is 25.2 Å². The standard InChI is InChI=1S/C21H20N2O4S/c1-26-15-8-3-13(4-9-15)5-12-17-18(20(24)25)19(23-21(28)22-17)14-6-10-16(27-2)11-7-14/h3-12,19H,1-2H3,(H,24,25)(H2,22,23,28)/b12-5+. The van der Waals surface area contributed by atoms with Crippen molar-refractivity contribution in [3.05, 3.63) is 77.0 Å². The molecule has 2 aromatic rings. The molecule has 1 unspecified atom stereocenters. The molecule has 1 atom stereocenters. The summed E-state index contributed by atoms with van der Waals surface area (Å²) in [6.07, 6.45) is 3.54. The molecule has 0 bridgehead atoms. The van der Waals surface area contributed by atoms with E-state index in [1.54, 1.807) is 32.4 Å². The Morgan fingerprint density at radius 3 is 2.11 bits per heavy atom. The van der Waals surface area contributed by atoms with Gasteiger partial charge in [-0.1, -0.05) is 30.3 Å². The lowest BCUT2D eigenvalue weighted by atomic mass is 9.95. The second-order valence-electron chi connectivity index (χ2n) is 6.04. The van der Waals surface area contributed by atoms with E-state index in [0.29, 0.717) is 16.6 Å². The average Bonchev–Trinajstić information content (AvgIpc) is 2.72. The Morgan fingerprint density at radius 1 is 1.00 bits per heavy atom. The summed E-state index contributed by atoms with van der Waals surface area (Å²) in [5, 5.41) is 16.2. The van der Waals surface area contributed by atoms with Crippen LogP contribution in [-0.2, 0) is 4.79 Å². The zero-order chi connectivity index (χ0) is 20.1. The molecular weight excluding hydrogens is 376 g/mol. The molecule has 0 spiro atoms. The molecule has 1 aliphatic heterocycles. The van der Waals surface area contributed by atoms with Crippen molar-refractivity contribution < 1.29 is 19.4 Å². The van der Waals surface area contributed by atoms with Crippen LogP contribution in [0.25, 0.3) is 6.08 Å². The number of nitrogens with one attached hydrogen (secondary N) is 2. The summed E-state index contributed by atoms with van der Waals surface area (Å²) in [4.78, 5) is 12.0. The van der Waals surface area contributed by atoms with Gasteiger partial charge in [0.15, 0.2) is 5.11 Å². The van der Waals surface area contributed by atoms with Crippen LogP contribution in [0.1, 0.15) is 17.2 Å². The summed E-state index contributed by atoms with van der Waals surface area (Å²) in [5.41, 5.74) is 2.30. The van der Waals surface area contributed by atoms with E-state index in [-0.39, 0.29) is 5.57 Å². The van der Waals surface area contributed by atoms with E-state index in [1.807, 2.05) is 42.5 Å². The van der Waals surface area contributed by atoms with E-state index in [2.05, 4.69) is 10.6 Å². The number of carbonyl (C=O) groups is 1. The first kappa shape index (κ1) is 19.4. The van der Waals surface area contributed by atoms with E-state index in [9.17, 15) is 9.90 Å². The molecule has 0 amide bonds. The number of aliphatic carboxylic acids is 1. The fourth-order valence-electron chi connectivity index (χ4n) is 2.90. The molecule has 0 saturated carbocycles. The molecule has 144 valence electrons. The molecule has 6 nitrogen and oxygen atoms in total. The first-order chi connectivity index (χ1) is 13.5. The van der Waals surface area contributed by atoms with Gasteiger partial charge in [-0.05, 0) is 53.7 Å². The van der Waals surface area contributed by atoms with Crippen LogP contribution in [0.15, 0.2) is 65.9 Å². The van der Waals surface area contributed by atoms with E-state index >= 15 is 0 Å². The van der Waals surface area contributed by atoms with Crippen LogP contribution in [0.3, 0.4) is 0 Å². The largest absolute Gasteiger partial charge is 0.497 e. The van der Waals surface area contributed by atoms with E-state index < -0.39 is 12.0 Å². The molecule has 0 saturated heterocycles. The van der Waals surface area contributed by atoms with Crippen LogP contribution in [0.2, 0.25) is 0 Å². The summed E-state index contributed by atoms with van der Waals surface area (Å²) in [5.74, 6) is 0.418. The van der Waals surface area contributed by atoms with Gasteiger partial charge in [-0.3, -0.25) is 0 Å². The molecule has 2 aromatic carbocycles. The van der Waals surface area contributed by atoms with Gasteiger partial charge in [-0.25, -0.2) is 4.79 Å². The van der Waals surface area contributed by atoms with Gasteiger partial charge in [0.05, 0.1) is 31.5 Å². The SMILES string of the molecule is COc1ccc(/C=C/C2=C(C(=O)O)C(c3ccc(OC)cc3)NC(=S)N2)cc1. The molecule has 0 fully saturated rings. The van der Waals surface area contributed by atoms with Crippen LogP contribution < -0.4 is 20.1 Å². The maximum Gasteiger partial charge on any atom is 0.336 e. The van der Waals surface area contributed by atoms with Crippen molar-refractivity contribution in [3.8, 4) is 11.5 Å². The van der Waals surface area contributed by atoms with Crippen molar-refractivity contribution in [2.24, 2.45) is 0 Å². The molecular formula is C21H20N2O4S. The van der Waals surface area contributed by atoms with E-state index in [1.165, 1.54) is 0 Å². The molecule has 3 N–H and O–H groups in total. The highest BCUT2D eigenvalue weighted by Gasteiger charge is 2.30. The third-order valence-corrected chi connectivity index (χ3v) is 4.56. The maximum atomic E-state index is 12.0. The molecule has 0 aromatic heterocycles. The Morgan fingerprint density at radius 2 is 1.57 bits per heavy atom. The summed E-state index contributed by atoms with van der Waals surface area (Å²) < 4.78 is 10.3. The van der Waals surface area contributed by atoms with E-state index in [4.69, 9.17) is 21.7 Å². The van der Waals surface area contributed by atoms with E-state index in [0.717, 1.165) is 16.9 Å². The topological polar surface area (TPSA) is 79.8 Å². The summed E-state index contributed by atoms with van der Waals surface area (Å²) >= 11 is 5.29. The highest BCUT2D eigenvalue weighted by atomic mass is 32.1. The number of hydrogen-bond donors (Lipinski definition) is 3. The van der Waals surface area contributed by atoms with Gasteiger partial charge in [0.25, 0.3) is 0 Å². The minimum atomic E-state index is -1.03. The molecule has 28 heavy (non-hydrogen) atoms. The van der Waals surface area contributed by atoms with Crippen LogP contribution >= 0.6 is 12.2 Å². The fourth-order valence-corrected chi connectivity index (χ4v) is 3.12. The number of rotatable bonds is 6. The number of ether oxygens (including phenoxy) is 2. The molecule has 1 aliphatic rings. The van der Waals surface area contributed by atoms with Crippen LogP contribution in [-0.4, -0.2) is 30.4 Å². The third-order valence-electron chi connectivity index (χ3n) is 4.34. The van der Waals surface area contributed by atoms with Gasteiger partial charge in [-0.15, -0.1) is 0 Å². The Kier molecular flexibility index (Phi) is 5.96. The van der Waals surface area contributed by atoms with Gasteiger partial charge in [0.1, 0.15) is 11.5 Å². The van der Waals surface area contributed by atoms with Gasteiger partial charge in [-0.2, -0.15) is 0 Å². The minimum absolute atomic E-state index is 0.184. The number of methoxy groups -OCH3 is 2. The van der Waals surface area contributed by atoms with Crippen molar-refractivity contribution >= 4 is 29.4 Å². The number of hydrogen-bond acceptors (Lipinski definition) is 4. The van der Waals surface area contributed by atoms with Crippen molar-refractivity contribution in [1.82, 2.24) is 10.6 Å². The number of thiocarbonyl (C=S) groups is 1. The Hall–Kier alpha value is -3.32. The van der Waals surface area contributed by atoms with Crippen LogP contribution in [0, 0.1) is 0 Å². The summed E-state index contributed by atoms with van der Waals surface area (Å²) in [6, 6.07) is 14.1. The first-order valence-corrected chi connectivity index (χ1v) is 8.93. The average molecular weight is 396 g/mol. The van der Waals surface area contributed by atoms with Crippen LogP contribution in [0.5, 0.6) is 11.5 Å². The number of allylic oxidation sites excluding steroid dienone is 1. The Balaban J connectivity index is 1.97. The summed E-state index contributed by atoms with van der Waals surface area (Å²) in [6.45, 7) is 0. The lowest BCUT2D eigenvalue weighted by Gasteiger charge is -2.29. The zero-order valence-corrected chi connectivity index (χ0v) is 16.2. The lowest BCUT2D eigenvalue weighted by molar-refractivity contribution is -0.133. The molecule has 3 rings (SSSR count). The third kappa shape index (κ3) is 4.32. The monoisotopic (exact) mass is 396 g/mol. The van der Waals surface area contributed by atoms with Gasteiger partial charge in [0, 0.05) is 0 Å². The lowest BCUT2D eigenvalue weighted by Crippen LogP contribution is -2.45. The number of benzene rings is 2.